The van der Waals surface area contributed by atoms with Gasteiger partial charge in [0, 0.05) is 18.7 Å². The number of rotatable bonds is 4. The first-order valence-corrected chi connectivity index (χ1v) is 9.49. The number of allylic oxidation sites excluding steroid dienone is 2. The Labute approximate surface area is 145 Å². The van der Waals surface area contributed by atoms with Gasteiger partial charge in [-0.15, -0.1) is 0 Å². The third-order valence-electron chi connectivity index (χ3n) is 6.23. The van der Waals surface area contributed by atoms with Crippen LogP contribution < -0.4 is 11.5 Å². The summed E-state index contributed by atoms with van der Waals surface area (Å²) in [6, 6.07) is 0.374. The molecule has 136 valence electrons. The molecule has 0 aromatic heterocycles. The molecule has 1 saturated heterocycles. The van der Waals surface area contributed by atoms with Gasteiger partial charge in [-0.3, -0.25) is 0 Å². The molecule has 0 amide bonds. The van der Waals surface area contributed by atoms with Crippen molar-refractivity contribution in [2.75, 3.05) is 19.7 Å². The van der Waals surface area contributed by atoms with Crippen molar-refractivity contribution in [1.29, 1.82) is 0 Å². The van der Waals surface area contributed by atoms with Gasteiger partial charge in [-0.05, 0) is 76.6 Å². The topological polar surface area (TPSA) is 64.5 Å². The van der Waals surface area contributed by atoms with Crippen molar-refractivity contribution < 1.29 is 9.13 Å². The predicted octanol–water partition coefficient (Wildman–Crippen LogP) is 2.49. The van der Waals surface area contributed by atoms with E-state index in [4.69, 9.17) is 16.2 Å². The van der Waals surface area contributed by atoms with E-state index in [0.717, 1.165) is 32.5 Å². The lowest BCUT2D eigenvalue weighted by Crippen LogP contribution is -2.61. The Balaban J connectivity index is 1.52. The summed E-state index contributed by atoms with van der Waals surface area (Å²) in [5.41, 5.74) is 12.0. The van der Waals surface area contributed by atoms with Crippen LogP contribution in [0.1, 0.15) is 45.4 Å². The highest BCUT2D eigenvalue weighted by molar-refractivity contribution is 5.31. The zero-order chi connectivity index (χ0) is 17.2. The highest BCUT2D eigenvalue weighted by Gasteiger charge is 2.42. The fourth-order valence-electron chi connectivity index (χ4n) is 4.71. The summed E-state index contributed by atoms with van der Waals surface area (Å²) in [6.45, 7) is 4.97. The number of nitrogens with two attached hydrogens (primary N) is 2. The quantitative estimate of drug-likeness (QED) is 0.827. The molecule has 1 aliphatic heterocycles. The van der Waals surface area contributed by atoms with E-state index in [1.165, 1.54) is 31.8 Å². The van der Waals surface area contributed by atoms with Crippen LogP contribution in [-0.4, -0.2) is 48.3 Å². The molecule has 0 aromatic carbocycles. The van der Waals surface area contributed by atoms with Crippen LogP contribution in [0.15, 0.2) is 24.1 Å². The van der Waals surface area contributed by atoms with Gasteiger partial charge < -0.3 is 21.1 Å². The number of hydrogen-bond donors (Lipinski definition) is 2. The van der Waals surface area contributed by atoms with Crippen LogP contribution in [0.25, 0.3) is 0 Å². The zero-order valence-electron chi connectivity index (χ0n) is 14.8. The lowest BCUT2D eigenvalue weighted by Gasteiger charge is -2.46. The molecule has 4 N–H and O–H groups in total. The molecule has 4 nitrogen and oxygen atoms in total. The summed E-state index contributed by atoms with van der Waals surface area (Å²) in [4.78, 5) is 2.60. The molecule has 3 aliphatic rings. The molecule has 24 heavy (non-hydrogen) atoms. The maximum atomic E-state index is 13.7. The van der Waals surface area contributed by atoms with E-state index < -0.39 is 5.54 Å². The summed E-state index contributed by atoms with van der Waals surface area (Å²) < 4.78 is 19.4. The third kappa shape index (κ3) is 3.74. The highest BCUT2D eigenvalue weighted by Crippen LogP contribution is 2.35. The van der Waals surface area contributed by atoms with Crippen molar-refractivity contribution in [3.05, 3.63) is 24.1 Å². The summed E-state index contributed by atoms with van der Waals surface area (Å²) in [5.74, 6) is -0.00455. The molecule has 0 radical (unpaired) electrons. The molecule has 1 heterocycles. The Morgan fingerprint density at radius 1 is 1.21 bits per heavy atom. The molecule has 2 aliphatic carbocycles. The normalized spacial score (nSPS) is 39.0. The van der Waals surface area contributed by atoms with E-state index in [9.17, 15) is 4.39 Å². The number of likely N-dealkylation sites (tertiary alicyclic amines) is 1. The van der Waals surface area contributed by atoms with Crippen LogP contribution >= 0.6 is 0 Å². The molecule has 0 spiro atoms. The first-order valence-electron chi connectivity index (χ1n) is 9.49. The number of hydrogen-bond acceptors (Lipinski definition) is 4. The first kappa shape index (κ1) is 18.1. The van der Waals surface area contributed by atoms with Crippen molar-refractivity contribution in [3.8, 4) is 0 Å². The summed E-state index contributed by atoms with van der Waals surface area (Å²) in [6.07, 6.45) is 11.9. The Hall–Kier alpha value is -0.750. The summed E-state index contributed by atoms with van der Waals surface area (Å²) >= 11 is 0. The summed E-state index contributed by atoms with van der Waals surface area (Å²) in [7, 11) is 0. The van der Waals surface area contributed by atoms with E-state index in [1.807, 2.05) is 0 Å². The number of halogens is 1. The van der Waals surface area contributed by atoms with Crippen molar-refractivity contribution in [3.63, 3.8) is 0 Å². The van der Waals surface area contributed by atoms with Gasteiger partial charge in [0.2, 0.25) is 0 Å². The second-order valence-electron chi connectivity index (χ2n) is 7.61. The van der Waals surface area contributed by atoms with Crippen LogP contribution in [0.3, 0.4) is 0 Å². The van der Waals surface area contributed by atoms with Gasteiger partial charge >= 0.3 is 0 Å². The maximum absolute atomic E-state index is 13.7. The van der Waals surface area contributed by atoms with Crippen LogP contribution in [0.2, 0.25) is 0 Å². The van der Waals surface area contributed by atoms with E-state index in [-0.39, 0.29) is 17.8 Å². The fourth-order valence-corrected chi connectivity index (χ4v) is 4.71. The average molecular weight is 337 g/mol. The Morgan fingerprint density at radius 3 is 2.50 bits per heavy atom. The van der Waals surface area contributed by atoms with Crippen LogP contribution in [0, 0.1) is 5.92 Å². The van der Waals surface area contributed by atoms with Gasteiger partial charge in [-0.1, -0.05) is 6.08 Å². The summed E-state index contributed by atoms with van der Waals surface area (Å²) in [5, 5.41) is 0. The minimum absolute atomic E-state index is 0.249. The minimum Gasteiger partial charge on any atom is -0.379 e. The molecule has 0 bridgehead atoms. The molecule has 2 unspecified atom stereocenters. The number of nitrogens with zero attached hydrogens (tertiary/aromatic N) is 1. The van der Waals surface area contributed by atoms with Crippen LogP contribution in [-0.2, 0) is 4.74 Å². The van der Waals surface area contributed by atoms with Gasteiger partial charge in [0.05, 0.1) is 11.6 Å². The molecule has 0 aromatic rings. The minimum atomic E-state index is -0.739. The van der Waals surface area contributed by atoms with Gasteiger partial charge in [0.15, 0.2) is 0 Å². The van der Waals surface area contributed by atoms with Crippen molar-refractivity contribution in [2.45, 2.75) is 69.2 Å². The largest absolute Gasteiger partial charge is 0.379 e. The third-order valence-corrected chi connectivity index (χ3v) is 6.23. The first-order chi connectivity index (χ1) is 11.5. The molecule has 2 fully saturated rings. The lowest BCUT2D eigenvalue weighted by atomic mass is 9.72. The van der Waals surface area contributed by atoms with Crippen molar-refractivity contribution in [1.82, 2.24) is 4.90 Å². The van der Waals surface area contributed by atoms with E-state index in [1.54, 1.807) is 12.2 Å². The predicted molar refractivity (Wildman–Crippen MR) is 95.2 cm³/mol. The Bertz CT molecular complexity index is 479. The van der Waals surface area contributed by atoms with Gasteiger partial charge in [-0.25, -0.2) is 4.39 Å². The van der Waals surface area contributed by atoms with Crippen molar-refractivity contribution in [2.24, 2.45) is 17.4 Å². The molecule has 2 atom stereocenters. The zero-order valence-corrected chi connectivity index (χ0v) is 14.8. The van der Waals surface area contributed by atoms with Gasteiger partial charge in [0.1, 0.15) is 5.83 Å². The van der Waals surface area contributed by atoms with Gasteiger partial charge in [0.25, 0.3) is 0 Å². The smallest absolute Gasteiger partial charge is 0.120 e. The van der Waals surface area contributed by atoms with Crippen molar-refractivity contribution >= 4 is 0 Å². The van der Waals surface area contributed by atoms with Crippen LogP contribution in [0.5, 0.6) is 0 Å². The van der Waals surface area contributed by atoms with E-state index in [0.29, 0.717) is 12.1 Å². The standard InChI is InChI=1S/C19H32FN3O/c1-2-24-17-6-4-16(5-7-17)23-11-9-14(10-12-23)19(22)13-15(20)3-8-18(19)21/h3,8,13-14,16-18H,2,4-7,9-12,21-22H2,1H3. The molecule has 3 rings (SSSR count). The number of piperidine rings is 1. The molecule has 1 saturated carbocycles. The SMILES string of the molecule is CCOC1CCC(N2CCC(C3(N)C=C(F)C=CC3N)CC2)CC1. The number of ether oxygens (including phenoxy) is 1. The van der Waals surface area contributed by atoms with Crippen LogP contribution in [0.4, 0.5) is 4.39 Å². The Kier molecular flexibility index (Phi) is 5.75. The van der Waals surface area contributed by atoms with E-state index in [2.05, 4.69) is 11.8 Å². The Morgan fingerprint density at radius 2 is 1.88 bits per heavy atom. The second-order valence-corrected chi connectivity index (χ2v) is 7.61. The fraction of sp³-hybridized carbons (Fsp3) is 0.789. The second kappa shape index (κ2) is 7.65. The molecule has 5 heteroatoms. The maximum Gasteiger partial charge on any atom is 0.120 e. The average Bonchev–Trinajstić information content (AvgIpc) is 2.60. The van der Waals surface area contributed by atoms with E-state index >= 15 is 0 Å². The highest BCUT2D eigenvalue weighted by atomic mass is 19.1. The molecular formula is C19H32FN3O. The van der Waals surface area contributed by atoms with Gasteiger partial charge in [-0.2, -0.15) is 0 Å². The monoisotopic (exact) mass is 337 g/mol. The molecular weight excluding hydrogens is 305 g/mol. The lowest BCUT2D eigenvalue weighted by molar-refractivity contribution is 0.00499.